The first-order chi connectivity index (χ1) is 9.64. The molecule has 1 aliphatic heterocycles. The number of fused-ring (bicyclic) bond motifs is 1. The number of nitrogens with one attached hydrogen (secondary N) is 1. The van der Waals surface area contributed by atoms with E-state index in [2.05, 4.69) is 19.2 Å². The minimum absolute atomic E-state index is 0.111. The van der Waals surface area contributed by atoms with E-state index in [-0.39, 0.29) is 12.0 Å². The molecule has 112 valence electrons. The van der Waals surface area contributed by atoms with E-state index in [0.717, 1.165) is 24.3 Å². The summed E-state index contributed by atoms with van der Waals surface area (Å²) < 4.78 is 11.1. The van der Waals surface area contributed by atoms with Gasteiger partial charge in [0.25, 0.3) is 0 Å². The third kappa shape index (κ3) is 2.93. The molecule has 2 rings (SSSR count). The lowest BCUT2D eigenvalue weighted by atomic mass is 9.83. The van der Waals surface area contributed by atoms with E-state index in [1.54, 1.807) is 6.07 Å². The zero-order valence-corrected chi connectivity index (χ0v) is 12.2. The topological polar surface area (TPSA) is 76.7 Å². The summed E-state index contributed by atoms with van der Waals surface area (Å²) in [4.78, 5) is 0. The first-order valence-electron chi connectivity index (χ1n) is 7.18. The molecule has 0 radical (unpaired) electrons. The summed E-state index contributed by atoms with van der Waals surface area (Å²) in [7, 11) is 0. The molecule has 0 aromatic heterocycles. The lowest BCUT2D eigenvalue weighted by Crippen LogP contribution is -2.32. The Hall–Kier alpha value is -1.62. The largest absolute Gasteiger partial charge is 0.486 e. The van der Waals surface area contributed by atoms with Crippen LogP contribution >= 0.6 is 0 Å². The molecule has 4 N–H and O–H groups in total. The average molecular weight is 280 g/mol. The molecule has 0 bridgehead atoms. The number of ether oxygens (including phenoxy) is 2. The monoisotopic (exact) mass is 280 g/mol. The summed E-state index contributed by atoms with van der Waals surface area (Å²) in [6.45, 7) is 6.14. The van der Waals surface area contributed by atoms with E-state index in [1.165, 1.54) is 0 Å². The SMILES string of the molecule is CCC(CC)(CO)CNc1cc2c(cc1N)OCCO2. The maximum Gasteiger partial charge on any atom is 0.163 e. The summed E-state index contributed by atoms with van der Waals surface area (Å²) >= 11 is 0. The van der Waals surface area contributed by atoms with Gasteiger partial charge in [0, 0.05) is 24.1 Å². The zero-order chi connectivity index (χ0) is 14.6. The quantitative estimate of drug-likeness (QED) is 0.697. The van der Waals surface area contributed by atoms with Crippen LogP contribution in [0.2, 0.25) is 0 Å². The van der Waals surface area contributed by atoms with Gasteiger partial charge in [-0.05, 0) is 12.8 Å². The molecular formula is C15H24N2O3. The Balaban J connectivity index is 2.13. The number of aliphatic hydroxyl groups excluding tert-OH is 1. The van der Waals surface area contributed by atoms with E-state index in [1.807, 2.05) is 6.07 Å². The van der Waals surface area contributed by atoms with Crippen molar-refractivity contribution in [2.24, 2.45) is 5.41 Å². The van der Waals surface area contributed by atoms with Crippen LogP contribution in [0.1, 0.15) is 26.7 Å². The maximum atomic E-state index is 9.60. The highest BCUT2D eigenvalue weighted by molar-refractivity contribution is 5.72. The third-order valence-corrected chi connectivity index (χ3v) is 4.20. The predicted octanol–water partition coefficient (Wildman–Crippen LogP) is 2.25. The molecule has 1 aromatic carbocycles. The van der Waals surface area contributed by atoms with Gasteiger partial charge < -0.3 is 25.6 Å². The first kappa shape index (κ1) is 14.8. The van der Waals surface area contributed by atoms with E-state index in [0.29, 0.717) is 31.2 Å². The van der Waals surface area contributed by atoms with Crippen LogP contribution in [0.25, 0.3) is 0 Å². The Kier molecular flexibility index (Phi) is 4.60. The number of anilines is 2. The molecule has 0 saturated heterocycles. The smallest absolute Gasteiger partial charge is 0.163 e. The third-order valence-electron chi connectivity index (χ3n) is 4.20. The fourth-order valence-electron chi connectivity index (χ4n) is 2.32. The Morgan fingerprint density at radius 1 is 1.20 bits per heavy atom. The second kappa shape index (κ2) is 6.22. The minimum Gasteiger partial charge on any atom is -0.486 e. The van der Waals surface area contributed by atoms with Gasteiger partial charge in [-0.25, -0.2) is 0 Å². The van der Waals surface area contributed by atoms with Crippen LogP contribution in [0.4, 0.5) is 11.4 Å². The van der Waals surface area contributed by atoms with E-state index in [4.69, 9.17) is 15.2 Å². The highest BCUT2D eigenvalue weighted by Gasteiger charge is 2.25. The van der Waals surface area contributed by atoms with Crippen LogP contribution in [0.5, 0.6) is 11.5 Å². The van der Waals surface area contributed by atoms with Crippen LogP contribution in [-0.4, -0.2) is 31.5 Å². The second-order valence-corrected chi connectivity index (χ2v) is 5.30. The van der Waals surface area contributed by atoms with Crippen molar-refractivity contribution < 1.29 is 14.6 Å². The molecule has 0 saturated carbocycles. The van der Waals surface area contributed by atoms with Crippen molar-refractivity contribution in [1.29, 1.82) is 0 Å². The van der Waals surface area contributed by atoms with Gasteiger partial charge in [-0.1, -0.05) is 13.8 Å². The van der Waals surface area contributed by atoms with Gasteiger partial charge in [-0.2, -0.15) is 0 Å². The molecule has 0 amide bonds. The number of hydrogen-bond acceptors (Lipinski definition) is 5. The lowest BCUT2D eigenvalue weighted by Gasteiger charge is -2.30. The molecule has 5 heteroatoms. The highest BCUT2D eigenvalue weighted by atomic mass is 16.6. The Morgan fingerprint density at radius 2 is 1.80 bits per heavy atom. The Bertz CT molecular complexity index is 450. The van der Waals surface area contributed by atoms with Gasteiger partial charge in [0.15, 0.2) is 11.5 Å². The molecule has 0 spiro atoms. The van der Waals surface area contributed by atoms with Gasteiger partial charge in [-0.3, -0.25) is 0 Å². The number of nitrogens with two attached hydrogens (primary N) is 1. The number of rotatable bonds is 6. The summed E-state index contributed by atoms with van der Waals surface area (Å²) in [5.41, 5.74) is 7.39. The van der Waals surface area contributed by atoms with Gasteiger partial charge in [0.2, 0.25) is 0 Å². The van der Waals surface area contributed by atoms with E-state index < -0.39 is 0 Å². The molecule has 0 aliphatic carbocycles. The van der Waals surface area contributed by atoms with Gasteiger partial charge in [-0.15, -0.1) is 0 Å². The summed E-state index contributed by atoms with van der Waals surface area (Å²) in [5.74, 6) is 1.41. The van der Waals surface area contributed by atoms with Gasteiger partial charge in [0.05, 0.1) is 18.0 Å². The fraction of sp³-hybridized carbons (Fsp3) is 0.600. The molecule has 1 aliphatic rings. The molecule has 20 heavy (non-hydrogen) atoms. The number of benzene rings is 1. The second-order valence-electron chi connectivity index (χ2n) is 5.30. The molecule has 0 fully saturated rings. The van der Waals surface area contributed by atoms with Crippen LogP contribution in [0.15, 0.2) is 12.1 Å². The lowest BCUT2D eigenvalue weighted by molar-refractivity contribution is 0.127. The zero-order valence-electron chi connectivity index (χ0n) is 12.2. The van der Waals surface area contributed by atoms with Crippen molar-refractivity contribution in [3.05, 3.63) is 12.1 Å². The summed E-state index contributed by atoms with van der Waals surface area (Å²) in [5, 5.41) is 12.9. The molecule has 5 nitrogen and oxygen atoms in total. The van der Waals surface area contributed by atoms with Crippen LogP contribution in [0, 0.1) is 5.41 Å². The van der Waals surface area contributed by atoms with Crippen molar-refractivity contribution >= 4 is 11.4 Å². The summed E-state index contributed by atoms with van der Waals surface area (Å²) in [6, 6.07) is 3.66. The number of nitrogen functional groups attached to an aromatic ring is 1. The standard InChI is InChI=1S/C15H24N2O3/c1-3-15(4-2,10-18)9-17-12-8-14-13(7-11(12)16)19-5-6-20-14/h7-8,17-18H,3-6,9-10,16H2,1-2H3. The Morgan fingerprint density at radius 3 is 2.35 bits per heavy atom. The number of hydrogen-bond donors (Lipinski definition) is 3. The van der Waals surface area contributed by atoms with Gasteiger partial charge in [0.1, 0.15) is 13.2 Å². The molecule has 1 heterocycles. The van der Waals surface area contributed by atoms with Crippen molar-refractivity contribution in [2.75, 3.05) is 37.4 Å². The van der Waals surface area contributed by atoms with E-state index in [9.17, 15) is 5.11 Å². The first-order valence-corrected chi connectivity index (χ1v) is 7.18. The van der Waals surface area contributed by atoms with E-state index >= 15 is 0 Å². The number of aliphatic hydroxyl groups is 1. The summed E-state index contributed by atoms with van der Waals surface area (Å²) in [6.07, 6.45) is 1.83. The van der Waals surface area contributed by atoms with Crippen molar-refractivity contribution in [2.45, 2.75) is 26.7 Å². The predicted molar refractivity (Wildman–Crippen MR) is 80.4 cm³/mol. The maximum absolute atomic E-state index is 9.60. The Labute approximate surface area is 120 Å². The average Bonchev–Trinajstić information content (AvgIpc) is 2.49. The van der Waals surface area contributed by atoms with Crippen molar-refractivity contribution in [3.8, 4) is 11.5 Å². The molecule has 0 atom stereocenters. The van der Waals surface area contributed by atoms with Crippen LogP contribution < -0.4 is 20.5 Å². The normalized spacial score (nSPS) is 14.2. The fourth-order valence-corrected chi connectivity index (χ4v) is 2.32. The van der Waals surface area contributed by atoms with Crippen LogP contribution in [-0.2, 0) is 0 Å². The van der Waals surface area contributed by atoms with Crippen molar-refractivity contribution in [1.82, 2.24) is 0 Å². The van der Waals surface area contributed by atoms with Gasteiger partial charge >= 0.3 is 0 Å². The van der Waals surface area contributed by atoms with Crippen LogP contribution in [0.3, 0.4) is 0 Å². The molecular weight excluding hydrogens is 256 g/mol. The minimum atomic E-state index is -0.111. The van der Waals surface area contributed by atoms with Crippen molar-refractivity contribution in [3.63, 3.8) is 0 Å². The molecule has 0 unspecified atom stereocenters. The highest BCUT2D eigenvalue weighted by Crippen LogP contribution is 2.37. The molecule has 1 aromatic rings.